The summed E-state index contributed by atoms with van der Waals surface area (Å²) in [7, 11) is 0. The van der Waals surface area contributed by atoms with Crippen LogP contribution in [0.25, 0.3) is 10.4 Å². The molecule has 1 heterocycles. The Morgan fingerprint density at radius 2 is 2.00 bits per heavy atom. The zero-order valence-corrected chi connectivity index (χ0v) is 13.4. The zero-order chi connectivity index (χ0) is 15.9. The number of aryl methyl sites for hydroxylation is 1. The number of amides is 1. The molecule has 5 heteroatoms. The maximum atomic E-state index is 10.9. The van der Waals surface area contributed by atoms with Gasteiger partial charge in [0.25, 0.3) is 0 Å². The Hall–Kier alpha value is -1.69. The molecular weight excluding hydrogens is 298 g/mol. The van der Waals surface area contributed by atoms with Gasteiger partial charge in [-0.1, -0.05) is 30.7 Å². The summed E-state index contributed by atoms with van der Waals surface area (Å²) >= 11 is 1.72. The molecule has 2 aromatic rings. The number of thiophene rings is 1. The van der Waals surface area contributed by atoms with Crippen LogP contribution in [-0.2, 0) is 4.79 Å². The lowest BCUT2D eigenvalue weighted by Gasteiger charge is -2.11. The van der Waals surface area contributed by atoms with Gasteiger partial charge in [0.1, 0.15) is 0 Å². The second-order valence-corrected chi connectivity index (χ2v) is 6.32. The number of aliphatic hydroxyl groups is 1. The number of carbonyl (C=O) groups is 1. The molecule has 2 rings (SSSR count). The number of nitrogens with one attached hydrogen (secondary N) is 1. The maximum Gasteiger partial charge on any atom is 0.243 e. The van der Waals surface area contributed by atoms with Gasteiger partial charge < -0.3 is 5.11 Å². The Morgan fingerprint density at radius 3 is 2.59 bits per heavy atom. The fourth-order valence-corrected chi connectivity index (χ4v) is 3.20. The summed E-state index contributed by atoms with van der Waals surface area (Å²) in [6, 6.07) is 10.1. The van der Waals surface area contributed by atoms with Gasteiger partial charge in [-0.3, -0.25) is 10.0 Å². The summed E-state index contributed by atoms with van der Waals surface area (Å²) in [6.45, 7) is 2.08. The molecule has 22 heavy (non-hydrogen) atoms. The molecule has 0 saturated carbocycles. The summed E-state index contributed by atoms with van der Waals surface area (Å²) in [6.07, 6.45) is 1.75. The Kier molecular flexibility index (Phi) is 6.12. The average molecular weight is 319 g/mol. The van der Waals surface area contributed by atoms with Crippen LogP contribution < -0.4 is 5.48 Å². The largest absolute Gasteiger partial charge is 0.388 e. The van der Waals surface area contributed by atoms with Crippen LogP contribution in [-0.4, -0.2) is 16.2 Å². The number of hydroxylamine groups is 1. The van der Waals surface area contributed by atoms with E-state index in [-0.39, 0.29) is 12.3 Å². The first-order valence-corrected chi connectivity index (χ1v) is 8.24. The van der Waals surface area contributed by atoms with E-state index in [0.29, 0.717) is 12.8 Å². The lowest BCUT2D eigenvalue weighted by atomic mass is 10.0. The van der Waals surface area contributed by atoms with Gasteiger partial charge in [-0.05, 0) is 47.9 Å². The summed E-state index contributed by atoms with van der Waals surface area (Å²) in [5, 5.41) is 20.7. The van der Waals surface area contributed by atoms with E-state index in [2.05, 4.69) is 18.4 Å². The van der Waals surface area contributed by atoms with E-state index in [0.717, 1.165) is 17.5 Å². The van der Waals surface area contributed by atoms with Crippen LogP contribution in [0.2, 0.25) is 0 Å². The van der Waals surface area contributed by atoms with Gasteiger partial charge in [0.05, 0.1) is 6.10 Å². The summed E-state index contributed by atoms with van der Waals surface area (Å²) in [5.41, 5.74) is 4.92. The summed E-state index contributed by atoms with van der Waals surface area (Å²) in [5.74, 6) is -0.384. The first kappa shape index (κ1) is 16.7. The zero-order valence-electron chi connectivity index (χ0n) is 12.6. The number of hydrogen-bond donors (Lipinski definition) is 3. The molecular formula is C17H21NO3S. The quantitative estimate of drug-likeness (QED) is 0.413. The molecule has 0 unspecified atom stereocenters. The molecule has 1 atom stereocenters. The van der Waals surface area contributed by atoms with Crippen LogP contribution in [0.15, 0.2) is 35.7 Å². The standard InChI is InChI=1S/C17H21NO3S/c1-12-10-16(22-11-12)14-8-6-13(7-9-14)15(19)4-2-3-5-17(20)18-21/h6-11,15,19,21H,2-5H2,1H3,(H,18,20)/t15-/m1/s1. The van der Waals surface area contributed by atoms with E-state index >= 15 is 0 Å². The first-order valence-electron chi connectivity index (χ1n) is 7.36. The molecule has 0 aliphatic carbocycles. The van der Waals surface area contributed by atoms with Crippen LogP contribution in [0.5, 0.6) is 0 Å². The molecule has 0 radical (unpaired) electrons. The van der Waals surface area contributed by atoms with Crippen molar-refractivity contribution in [2.45, 2.75) is 38.7 Å². The number of aliphatic hydroxyl groups excluding tert-OH is 1. The number of unbranched alkanes of at least 4 members (excludes halogenated alkanes) is 1. The van der Waals surface area contributed by atoms with Crippen molar-refractivity contribution in [3.63, 3.8) is 0 Å². The van der Waals surface area contributed by atoms with Gasteiger partial charge in [0.2, 0.25) is 5.91 Å². The van der Waals surface area contributed by atoms with Gasteiger partial charge in [-0.2, -0.15) is 0 Å². The molecule has 1 aromatic carbocycles. The Labute approximate surface area is 134 Å². The third-order valence-electron chi connectivity index (χ3n) is 3.57. The minimum atomic E-state index is -0.517. The van der Waals surface area contributed by atoms with Crippen molar-refractivity contribution in [3.8, 4) is 10.4 Å². The third-order valence-corrected chi connectivity index (χ3v) is 4.66. The van der Waals surface area contributed by atoms with Crippen LogP contribution >= 0.6 is 11.3 Å². The van der Waals surface area contributed by atoms with Crippen molar-refractivity contribution in [3.05, 3.63) is 46.8 Å². The van der Waals surface area contributed by atoms with Crippen molar-refractivity contribution in [2.75, 3.05) is 0 Å². The predicted octanol–water partition coefficient (Wildman–Crippen LogP) is 3.82. The predicted molar refractivity (Wildman–Crippen MR) is 87.8 cm³/mol. The topological polar surface area (TPSA) is 69.6 Å². The third kappa shape index (κ3) is 4.66. The average Bonchev–Trinajstić information content (AvgIpc) is 2.97. The molecule has 118 valence electrons. The smallest absolute Gasteiger partial charge is 0.243 e. The Bertz CT molecular complexity index is 607. The highest BCUT2D eigenvalue weighted by Crippen LogP contribution is 2.28. The fraction of sp³-hybridized carbons (Fsp3) is 0.353. The van der Waals surface area contributed by atoms with Crippen molar-refractivity contribution >= 4 is 17.2 Å². The monoisotopic (exact) mass is 319 g/mol. The van der Waals surface area contributed by atoms with Crippen molar-refractivity contribution in [2.24, 2.45) is 0 Å². The molecule has 0 aliphatic heterocycles. The fourth-order valence-electron chi connectivity index (χ4n) is 2.30. The molecule has 1 aromatic heterocycles. The maximum absolute atomic E-state index is 10.9. The number of hydrogen-bond acceptors (Lipinski definition) is 4. The SMILES string of the molecule is Cc1csc(-c2ccc([C@H](O)CCCCC(=O)NO)cc2)c1. The van der Waals surface area contributed by atoms with Crippen LogP contribution in [0, 0.1) is 6.92 Å². The number of rotatable bonds is 7. The number of benzene rings is 1. The highest BCUT2D eigenvalue weighted by atomic mass is 32.1. The molecule has 0 fully saturated rings. The summed E-state index contributed by atoms with van der Waals surface area (Å²) in [4.78, 5) is 12.1. The molecule has 0 saturated heterocycles. The highest BCUT2D eigenvalue weighted by Gasteiger charge is 2.09. The van der Waals surface area contributed by atoms with Crippen LogP contribution in [0.4, 0.5) is 0 Å². The Morgan fingerprint density at radius 1 is 1.27 bits per heavy atom. The second-order valence-electron chi connectivity index (χ2n) is 5.41. The molecule has 0 bridgehead atoms. The molecule has 3 N–H and O–H groups in total. The van der Waals surface area contributed by atoms with E-state index in [1.54, 1.807) is 16.8 Å². The van der Waals surface area contributed by atoms with Crippen molar-refractivity contribution < 1.29 is 15.1 Å². The van der Waals surface area contributed by atoms with E-state index in [4.69, 9.17) is 5.21 Å². The molecule has 4 nitrogen and oxygen atoms in total. The van der Waals surface area contributed by atoms with E-state index in [1.807, 2.05) is 24.3 Å². The van der Waals surface area contributed by atoms with Crippen LogP contribution in [0.3, 0.4) is 0 Å². The first-order chi connectivity index (χ1) is 10.6. The van der Waals surface area contributed by atoms with Gasteiger partial charge >= 0.3 is 0 Å². The van der Waals surface area contributed by atoms with E-state index in [1.165, 1.54) is 10.4 Å². The van der Waals surface area contributed by atoms with Gasteiger partial charge in [0.15, 0.2) is 0 Å². The normalized spacial score (nSPS) is 12.1. The van der Waals surface area contributed by atoms with Crippen molar-refractivity contribution in [1.82, 2.24) is 5.48 Å². The minimum absolute atomic E-state index is 0.278. The van der Waals surface area contributed by atoms with Gasteiger partial charge in [-0.15, -0.1) is 11.3 Å². The van der Waals surface area contributed by atoms with Gasteiger partial charge in [-0.25, -0.2) is 5.48 Å². The molecule has 1 amide bonds. The highest BCUT2D eigenvalue weighted by molar-refractivity contribution is 7.13. The van der Waals surface area contributed by atoms with E-state index < -0.39 is 6.10 Å². The van der Waals surface area contributed by atoms with Crippen molar-refractivity contribution in [1.29, 1.82) is 0 Å². The van der Waals surface area contributed by atoms with Gasteiger partial charge in [0, 0.05) is 11.3 Å². The Balaban J connectivity index is 1.86. The minimum Gasteiger partial charge on any atom is -0.388 e. The number of carbonyl (C=O) groups excluding carboxylic acids is 1. The summed E-state index contributed by atoms with van der Waals surface area (Å²) < 4.78 is 0. The lowest BCUT2D eigenvalue weighted by Crippen LogP contribution is -2.17. The molecule has 0 spiro atoms. The van der Waals surface area contributed by atoms with Crippen LogP contribution in [0.1, 0.15) is 42.9 Å². The lowest BCUT2D eigenvalue weighted by molar-refractivity contribution is -0.129. The van der Waals surface area contributed by atoms with E-state index in [9.17, 15) is 9.90 Å². The second kappa shape index (κ2) is 8.08. The molecule has 0 aliphatic rings.